The van der Waals surface area contributed by atoms with E-state index < -0.39 is 4.92 Å². The van der Waals surface area contributed by atoms with Crippen molar-refractivity contribution >= 4 is 23.4 Å². The van der Waals surface area contributed by atoms with E-state index in [0.29, 0.717) is 40.5 Å². The van der Waals surface area contributed by atoms with Gasteiger partial charge in [-0.15, -0.1) is 10.2 Å². The molecule has 0 bridgehead atoms. The number of hydrogen-bond donors (Lipinski definition) is 1. The normalized spacial score (nSPS) is 24.2. The topological polar surface area (TPSA) is 120 Å². The fourth-order valence-electron chi connectivity index (χ4n) is 4.00. The number of aromatic nitrogens is 3. The predicted octanol–water partition coefficient (Wildman–Crippen LogP) is 1.68. The maximum absolute atomic E-state index is 12.9. The number of amides is 1. The average Bonchev–Trinajstić information content (AvgIpc) is 3.33. The highest BCUT2D eigenvalue weighted by Crippen LogP contribution is 2.38. The summed E-state index contributed by atoms with van der Waals surface area (Å²) in [6, 6.07) is 4.75. The Morgan fingerprint density at radius 3 is 2.85 bits per heavy atom. The van der Waals surface area contributed by atoms with Crippen molar-refractivity contribution < 1.29 is 9.72 Å². The molecular weight excluding hydrogens is 368 g/mol. The van der Waals surface area contributed by atoms with Crippen molar-refractivity contribution in [2.75, 3.05) is 13.1 Å². The van der Waals surface area contributed by atoms with E-state index >= 15 is 0 Å². The third-order valence-electron chi connectivity index (χ3n) is 5.47. The number of carbonyl (C=O) groups is 1. The molecule has 0 radical (unpaired) electrons. The van der Waals surface area contributed by atoms with Crippen LogP contribution in [0.5, 0.6) is 0 Å². The summed E-state index contributed by atoms with van der Waals surface area (Å²) >= 11 is 1.15. The van der Waals surface area contributed by atoms with E-state index in [1.54, 1.807) is 28.6 Å². The SMILES string of the molecule is Cn1cnnc1Sc1ccc(C(=O)N2CC3CCC(N)C3C2)cc1[N+](=O)[O-]. The molecule has 1 aliphatic heterocycles. The van der Waals surface area contributed by atoms with E-state index in [-0.39, 0.29) is 17.6 Å². The van der Waals surface area contributed by atoms with Crippen LogP contribution in [0.25, 0.3) is 0 Å². The standard InChI is InChI=1S/C17H20N6O3S/c1-21-9-19-20-17(21)27-15-5-3-10(6-14(15)23(25)26)16(24)22-7-11-2-4-13(18)12(11)8-22/h3,5-6,9,11-13H,2,4,7-8,18H2,1H3. The number of nitrogens with two attached hydrogens (primary N) is 1. The molecule has 1 aliphatic carbocycles. The maximum atomic E-state index is 12.9. The lowest BCUT2D eigenvalue weighted by atomic mass is 9.98. The molecule has 2 N–H and O–H groups in total. The molecule has 1 aromatic carbocycles. The van der Waals surface area contributed by atoms with Crippen LogP contribution in [0, 0.1) is 22.0 Å². The molecule has 4 rings (SSSR count). The highest BCUT2D eigenvalue weighted by Gasteiger charge is 2.42. The molecule has 9 nitrogen and oxygen atoms in total. The summed E-state index contributed by atoms with van der Waals surface area (Å²) < 4.78 is 1.68. The Morgan fingerprint density at radius 2 is 2.19 bits per heavy atom. The van der Waals surface area contributed by atoms with Crippen LogP contribution in [-0.2, 0) is 7.05 Å². The molecule has 27 heavy (non-hydrogen) atoms. The van der Waals surface area contributed by atoms with E-state index in [9.17, 15) is 14.9 Å². The first-order valence-corrected chi connectivity index (χ1v) is 9.61. The Morgan fingerprint density at radius 1 is 1.37 bits per heavy atom. The first kappa shape index (κ1) is 17.9. The fourth-order valence-corrected chi connectivity index (χ4v) is 4.85. The van der Waals surface area contributed by atoms with Crippen LogP contribution >= 0.6 is 11.8 Å². The molecule has 1 aromatic heterocycles. The molecule has 3 atom stereocenters. The van der Waals surface area contributed by atoms with Crippen LogP contribution in [0.15, 0.2) is 34.6 Å². The van der Waals surface area contributed by atoms with Crippen molar-refractivity contribution in [3.05, 3.63) is 40.2 Å². The average molecular weight is 388 g/mol. The summed E-state index contributed by atoms with van der Waals surface area (Å²) in [5, 5.41) is 19.8. The van der Waals surface area contributed by atoms with Gasteiger partial charge in [0.15, 0.2) is 5.16 Å². The number of aryl methyl sites for hydroxylation is 1. The van der Waals surface area contributed by atoms with E-state index in [2.05, 4.69) is 10.2 Å². The molecule has 2 fully saturated rings. The van der Waals surface area contributed by atoms with Gasteiger partial charge < -0.3 is 15.2 Å². The maximum Gasteiger partial charge on any atom is 0.284 e. The Labute approximate surface area is 160 Å². The minimum absolute atomic E-state index is 0.107. The van der Waals surface area contributed by atoms with Gasteiger partial charge in [-0.1, -0.05) is 0 Å². The fraction of sp³-hybridized carbons (Fsp3) is 0.471. The molecule has 0 spiro atoms. The van der Waals surface area contributed by atoms with Gasteiger partial charge in [0.1, 0.15) is 6.33 Å². The second-order valence-electron chi connectivity index (χ2n) is 7.14. The summed E-state index contributed by atoms with van der Waals surface area (Å²) in [5.41, 5.74) is 6.36. The van der Waals surface area contributed by atoms with Gasteiger partial charge in [-0.05, 0) is 48.6 Å². The quantitative estimate of drug-likeness (QED) is 0.625. The number of carbonyl (C=O) groups excluding carboxylic acids is 1. The van der Waals surface area contributed by atoms with Gasteiger partial charge in [-0.2, -0.15) is 0 Å². The van der Waals surface area contributed by atoms with Crippen LogP contribution in [-0.4, -0.2) is 49.6 Å². The summed E-state index contributed by atoms with van der Waals surface area (Å²) in [4.78, 5) is 26.1. The monoisotopic (exact) mass is 388 g/mol. The lowest BCUT2D eigenvalue weighted by molar-refractivity contribution is -0.387. The molecular formula is C17H20N6O3S. The molecule has 142 valence electrons. The summed E-state index contributed by atoms with van der Waals surface area (Å²) in [6.07, 6.45) is 3.58. The zero-order valence-electron chi connectivity index (χ0n) is 14.8. The van der Waals surface area contributed by atoms with Crippen LogP contribution in [0.3, 0.4) is 0 Å². The van der Waals surface area contributed by atoms with Gasteiger partial charge in [0.25, 0.3) is 11.6 Å². The molecule has 2 aliphatic rings. The van der Waals surface area contributed by atoms with Crippen molar-refractivity contribution in [1.82, 2.24) is 19.7 Å². The molecule has 10 heteroatoms. The smallest absolute Gasteiger partial charge is 0.284 e. The Balaban J connectivity index is 1.57. The first-order valence-electron chi connectivity index (χ1n) is 8.79. The lowest BCUT2D eigenvalue weighted by Gasteiger charge is -2.19. The van der Waals surface area contributed by atoms with Crippen molar-refractivity contribution in [2.24, 2.45) is 24.6 Å². The van der Waals surface area contributed by atoms with Crippen molar-refractivity contribution in [2.45, 2.75) is 28.9 Å². The third-order valence-corrected chi connectivity index (χ3v) is 6.59. The molecule has 1 saturated heterocycles. The van der Waals surface area contributed by atoms with E-state index in [1.807, 2.05) is 0 Å². The molecule has 3 unspecified atom stereocenters. The van der Waals surface area contributed by atoms with E-state index in [4.69, 9.17) is 5.73 Å². The molecule has 2 heterocycles. The largest absolute Gasteiger partial charge is 0.338 e. The highest BCUT2D eigenvalue weighted by atomic mass is 32.2. The van der Waals surface area contributed by atoms with E-state index in [1.165, 1.54) is 12.4 Å². The zero-order valence-corrected chi connectivity index (χ0v) is 15.6. The minimum Gasteiger partial charge on any atom is -0.338 e. The molecule has 2 aromatic rings. The predicted molar refractivity (Wildman–Crippen MR) is 98.3 cm³/mol. The summed E-state index contributed by atoms with van der Waals surface area (Å²) in [5.74, 6) is 0.620. The number of nitro groups is 1. The Hall–Kier alpha value is -2.46. The second kappa shape index (κ2) is 6.93. The number of likely N-dealkylation sites (tertiary alicyclic amines) is 1. The highest BCUT2D eigenvalue weighted by molar-refractivity contribution is 7.99. The molecule has 1 amide bonds. The number of fused-ring (bicyclic) bond motifs is 1. The number of nitro benzene ring substituents is 1. The van der Waals surface area contributed by atoms with Gasteiger partial charge in [-0.3, -0.25) is 14.9 Å². The van der Waals surface area contributed by atoms with Crippen molar-refractivity contribution in [3.63, 3.8) is 0 Å². The second-order valence-corrected chi connectivity index (χ2v) is 8.15. The van der Waals surface area contributed by atoms with Crippen LogP contribution in [0.2, 0.25) is 0 Å². The van der Waals surface area contributed by atoms with Gasteiger partial charge in [0.2, 0.25) is 0 Å². The van der Waals surface area contributed by atoms with Gasteiger partial charge in [-0.25, -0.2) is 0 Å². The van der Waals surface area contributed by atoms with Crippen LogP contribution in [0.1, 0.15) is 23.2 Å². The first-order chi connectivity index (χ1) is 12.9. The van der Waals surface area contributed by atoms with Crippen molar-refractivity contribution in [3.8, 4) is 0 Å². The number of benzene rings is 1. The van der Waals surface area contributed by atoms with Crippen LogP contribution < -0.4 is 5.73 Å². The third kappa shape index (κ3) is 3.30. The number of hydrogen-bond acceptors (Lipinski definition) is 7. The van der Waals surface area contributed by atoms with E-state index in [0.717, 1.165) is 24.6 Å². The van der Waals surface area contributed by atoms with Crippen molar-refractivity contribution in [1.29, 1.82) is 0 Å². The number of rotatable bonds is 4. The van der Waals surface area contributed by atoms with Gasteiger partial charge >= 0.3 is 0 Å². The van der Waals surface area contributed by atoms with Gasteiger partial charge in [0, 0.05) is 37.8 Å². The summed E-state index contributed by atoms with van der Waals surface area (Å²) in [6.45, 7) is 1.31. The number of nitrogens with zero attached hydrogens (tertiary/aromatic N) is 5. The van der Waals surface area contributed by atoms with Gasteiger partial charge in [0.05, 0.1) is 9.82 Å². The van der Waals surface area contributed by atoms with Crippen LogP contribution in [0.4, 0.5) is 5.69 Å². The lowest BCUT2D eigenvalue weighted by Crippen LogP contribution is -2.33. The Kier molecular flexibility index (Phi) is 4.60. The zero-order chi connectivity index (χ0) is 19.1. The molecule has 1 saturated carbocycles. The minimum atomic E-state index is -0.468. The summed E-state index contributed by atoms with van der Waals surface area (Å²) in [7, 11) is 1.76. The Bertz CT molecular complexity index is 901.